The standard InChI is InChI=1S/C13H10F4INO3/c14-12(15)13(16,17)22-9-3-1-8(2-4-9)19-10(20)5-7(6-18)11(19)21/h1-4,7,12H,5-6H2. The van der Waals surface area contributed by atoms with E-state index >= 15 is 0 Å². The molecule has 1 aromatic carbocycles. The van der Waals surface area contributed by atoms with Gasteiger partial charge in [0.2, 0.25) is 11.8 Å². The summed E-state index contributed by atoms with van der Waals surface area (Å²) in [7, 11) is 0. The first kappa shape index (κ1) is 17.0. The van der Waals surface area contributed by atoms with E-state index in [1.165, 1.54) is 12.1 Å². The number of anilines is 1. The van der Waals surface area contributed by atoms with E-state index in [4.69, 9.17) is 0 Å². The van der Waals surface area contributed by atoms with Gasteiger partial charge in [-0.05, 0) is 24.3 Å². The van der Waals surface area contributed by atoms with Gasteiger partial charge < -0.3 is 4.74 Å². The van der Waals surface area contributed by atoms with E-state index in [1.807, 2.05) is 22.6 Å². The minimum absolute atomic E-state index is 0.0868. The van der Waals surface area contributed by atoms with Gasteiger partial charge in [-0.2, -0.15) is 17.6 Å². The maximum Gasteiger partial charge on any atom is 0.461 e. The highest BCUT2D eigenvalue weighted by Crippen LogP contribution is 2.31. The lowest BCUT2D eigenvalue weighted by Crippen LogP contribution is -2.33. The second-order valence-corrected chi connectivity index (χ2v) is 5.46. The van der Waals surface area contributed by atoms with Crippen LogP contribution in [-0.2, 0) is 9.59 Å². The molecular formula is C13H10F4INO3. The van der Waals surface area contributed by atoms with Crippen molar-refractivity contribution in [3.8, 4) is 5.75 Å². The molecule has 0 N–H and O–H groups in total. The fraction of sp³-hybridized carbons (Fsp3) is 0.385. The van der Waals surface area contributed by atoms with Crippen molar-refractivity contribution < 1.29 is 31.9 Å². The van der Waals surface area contributed by atoms with Crippen LogP contribution in [-0.4, -0.2) is 28.8 Å². The molecule has 0 bridgehead atoms. The van der Waals surface area contributed by atoms with Crippen LogP contribution in [0.4, 0.5) is 23.2 Å². The summed E-state index contributed by atoms with van der Waals surface area (Å²) in [5, 5.41) is 0. The topological polar surface area (TPSA) is 46.6 Å². The summed E-state index contributed by atoms with van der Waals surface area (Å²) < 4.78 is 54.0. The van der Waals surface area contributed by atoms with Crippen molar-refractivity contribution in [2.45, 2.75) is 19.0 Å². The maximum absolute atomic E-state index is 12.8. The highest BCUT2D eigenvalue weighted by atomic mass is 127. The number of amides is 2. The molecule has 2 rings (SSSR count). The molecule has 9 heteroatoms. The average Bonchev–Trinajstić information content (AvgIpc) is 2.74. The van der Waals surface area contributed by atoms with Gasteiger partial charge in [0.05, 0.1) is 11.6 Å². The Morgan fingerprint density at radius 3 is 2.32 bits per heavy atom. The molecule has 1 aliphatic heterocycles. The smallest absolute Gasteiger partial charge is 0.428 e. The van der Waals surface area contributed by atoms with Gasteiger partial charge in [0, 0.05) is 10.8 Å². The van der Waals surface area contributed by atoms with Crippen LogP contribution in [0.5, 0.6) is 5.75 Å². The Labute approximate surface area is 136 Å². The maximum atomic E-state index is 12.8. The van der Waals surface area contributed by atoms with Crippen molar-refractivity contribution in [2.75, 3.05) is 9.33 Å². The predicted octanol–water partition coefficient (Wildman–Crippen LogP) is 3.24. The number of nitrogens with zero attached hydrogens (tertiary/aromatic N) is 1. The quantitative estimate of drug-likeness (QED) is 0.312. The third-order valence-electron chi connectivity index (χ3n) is 3.03. The molecule has 22 heavy (non-hydrogen) atoms. The summed E-state index contributed by atoms with van der Waals surface area (Å²) in [4.78, 5) is 24.8. The van der Waals surface area contributed by atoms with Crippen molar-refractivity contribution in [2.24, 2.45) is 5.92 Å². The lowest BCUT2D eigenvalue weighted by Gasteiger charge is -2.18. The van der Waals surface area contributed by atoms with E-state index in [2.05, 4.69) is 4.74 Å². The van der Waals surface area contributed by atoms with Crippen molar-refractivity contribution in [1.82, 2.24) is 0 Å². The largest absolute Gasteiger partial charge is 0.461 e. The molecule has 4 nitrogen and oxygen atoms in total. The first-order valence-electron chi connectivity index (χ1n) is 6.14. The van der Waals surface area contributed by atoms with Crippen LogP contribution in [0.3, 0.4) is 0 Å². The molecule has 0 aliphatic carbocycles. The van der Waals surface area contributed by atoms with Crippen molar-refractivity contribution in [1.29, 1.82) is 0 Å². The highest BCUT2D eigenvalue weighted by Gasteiger charge is 2.44. The predicted molar refractivity (Wildman–Crippen MR) is 77.5 cm³/mol. The van der Waals surface area contributed by atoms with Crippen LogP contribution in [0.1, 0.15) is 6.42 Å². The molecule has 0 aromatic heterocycles. The Kier molecular flexibility index (Phi) is 4.93. The summed E-state index contributed by atoms with van der Waals surface area (Å²) in [5.41, 5.74) is 0.190. The number of ether oxygens (including phenoxy) is 1. The molecule has 2 amide bonds. The van der Waals surface area contributed by atoms with Crippen molar-refractivity contribution in [3.63, 3.8) is 0 Å². The fourth-order valence-corrected chi connectivity index (χ4v) is 2.64. The third-order valence-corrected chi connectivity index (χ3v) is 4.09. The number of rotatable bonds is 5. The van der Waals surface area contributed by atoms with Gasteiger partial charge in [-0.25, -0.2) is 0 Å². The van der Waals surface area contributed by atoms with Gasteiger partial charge in [-0.1, -0.05) is 22.6 Å². The number of hydrogen-bond donors (Lipinski definition) is 0. The average molecular weight is 431 g/mol. The van der Waals surface area contributed by atoms with E-state index < -0.39 is 30.1 Å². The number of imide groups is 1. The number of carbonyl (C=O) groups is 2. The summed E-state index contributed by atoms with van der Waals surface area (Å²) in [6.45, 7) is 0. The molecule has 120 valence electrons. The molecule has 0 radical (unpaired) electrons. The van der Waals surface area contributed by atoms with Gasteiger partial charge in [0.25, 0.3) is 0 Å². The first-order chi connectivity index (χ1) is 10.3. The minimum Gasteiger partial charge on any atom is -0.428 e. The Balaban J connectivity index is 2.16. The van der Waals surface area contributed by atoms with Gasteiger partial charge in [0.1, 0.15) is 5.75 Å². The van der Waals surface area contributed by atoms with Crippen LogP contribution in [0.15, 0.2) is 24.3 Å². The highest BCUT2D eigenvalue weighted by molar-refractivity contribution is 14.1. The van der Waals surface area contributed by atoms with E-state index in [9.17, 15) is 27.2 Å². The zero-order chi connectivity index (χ0) is 16.5. The van der Waals surface area contributed by atoms with E-state index in [0.29, 0.717) is 4.43 Å². The molecule has 1 aromatic rings. The molecule has 1 fully saturated rings. The summed E-state index contributed by atoms with van der Waals surface area (Å²) in [5.74, 6) is -1.66. The third kappa shape index (κ3) is 3.33. The minimum atomic E-state index is -4.60. The Morgan fingerprint density at radius 2 is 1.86 bits per heavy atom. The van der Waals surface area contributed by atoms with E-state index in [0.717, 1.165) is 17.0 Å². The van der Waals surface area contributed by atoms with Gasteiger partial charge in [0.15, 0.2) is 0 Å². The molecule has 0 saturated carbocycles. The molecule has 1 unspecified atom stereocenters. The number of carbonyl (C=O) groups excluding carboxylic acids is 2. The number of halogens is 5. The second-order valence-electron chi connectivity index (χ2n) is 4.58. The number of benzene rings is 1. The Bertz CT molecular complexity index is 579. The zero-order valence-corrected chi connectivity index (χ0v) is 13.1. The van der Waals surface area contributed by atoms with Crippen molar-refractivity contribution >= 4 is 40.1 Å². The summed E-state index contributed by atoms with van der Waals surface area (Å²) >= 11 is 2.00. The molecule has 1 aliphatic rings. The summed E-state index contributed by atoms with van der Waals surface area (Å²) in [6.07, 6.45) is -8.48. The second kappa shape index (κ2) is 6.39. The van der Waals surface area contributed by atoms with E-state index in [-0.39, 0.29) is 18.0 Å². The SMILES string of the molecule is O=C1CC(CI)C(=O)N1c1ccc(OC(F)(F)C(F)F)cc1. The van der Waals surface area contributed by atoms with Gasteiger partial charge >= 0.3 is 12.5 Å². The van der Waals surface area contributed by atoms with Gasteiger partial charge in [-0.3, -0.25) is 14.5 Å². The normalized spacial score (nSPS) is 19.2. The lowest BCUT2D eigenvalue weighted by atomic mass is 10.1. The van der Waals surface area contributed by atoms with Crippen LogP contribution >= 0.6 is 22.6 Å². The molecule has 1 atom stereocenters. The summed E-state index contributed by atoms with van der Waals surface area (Å²) in [6, 6.07) is 4.40. The molecule has 0 spiro atoms. The molecule has 1 saturated heterocycles. The number of hydrogen-bond acceptors (Lipinski definition) is 3. The number of alkyl halides is 5. The Morgan fingerprint density at radius 1 is 1.27 bits per heavy atom. The van der Waals surface area contributed by atoms with Crippen LogP contribution in [0.25, 0.3) is 0 Å². The fourth-order valence-electron chi connectivity index (χ4n) is 1.95. The van der Waals surface area contributed by atoms with Crippen molar-refractivity contribution in [3.05, 3.63) is 24.3 Å². The van der Waals surface area contributed by atoms with Crippen LogP contribution in [0, 0.1) is 5.92 Å². The van der Waals surface area contributed by atoms with E-state index in [1.54, 1.807) is 0 Å². The van der Waals surface area contributed by atoms with Gasteiger partial charge in [-0.15, -0.1) is 0 Å². The van der Waals surface area contributed by atoms with Crippen LogP contribution in [0.2, 0.25) is 0 Å². The lowest BCUT2D eigenvalue weighted by molar-refractivity contribution is -0.253. The molecular weight excluding hydrogens is 421 g/mol. The van der Waals surface area contributed by atoms with Crippen LogP contribution < -0.4 is 9.64 Å². The Hall–Kier alpha value is -1.39. The monoisotopic (exact) mass is 431 g/mol. The molecule has 1 heterocycles. The zero-order valence-electron chi connectivity index (χ0n) is 10.9. The first-order valence-corrected chi connectivity index (χ1v) is 7.66.